The van der Waals surface area contributed by atoms with Gasteiger partial charge in [-0.15, -0.1) is 0 Å². The van der Waals surface area contributed by atoms with Crippen molar-refractivity contribution in [3.05, 3.63) is 30.0 Å². The van der Waals surface area contributed by atoms with Crippen LogP contribution in [0.1, 0.15) is 69.8 Å². The summed E-state index contributed by atoms with van der Waals surface area (Å²) in [7, 11) is 3.22. The molecule has 1 aliphatic rings. The smallest absolute Gasteiger partial charge is 0.305 e. The van der Waals surface area contributed by atoms with E-state index in [9.17, 15) is 14.7 Å². The van der Waals surface area contributed by atoms with Crippen molar-refractivity contribution in [3.63, 3.8) is 0 Å². The third-order valence-corrected chi connectivity index (χ3v) is 6.78. The highest BCUT2D eigenvalue weighted by molar-refractivity contribution is 5.94. The van der Waals surface area contributed by atoms with Gasteiger partial charge in [0, 0.05) is 12.6 Å². The topological polar surface area (TPSA) is 103 Å². The Bertz CT molecular complexity index is 986. The summed E-state index contributed by atoms with van der Waals surface area (Å²) in [4.78, 5) is 24.6. The van der Waals surface area contributed by atoms with Crippen molar-refractivity contribution in [2.75, 3.05) is 14.2 Å². The lowest BCUT2D eigenvalue weighted by Gasteiger charge is -2.26. The van der Waals surface area contributed by atoms with Gasteiger partial charge in [0.2, 0.25) is 0 Å². The van der Waals surface area contributed by atoms with E-state index in [0.717, 1.165) is 30.0 Å². The van der Waals surface area contributed by atoms with Gasteiger partial charge in [-0.05, 0) is 55.2 Å². The maximum Gasteiger partial charge on any atom is 0.305 e. The second kappa shape index (κ2) is 12.1. The van der Waals surface area contributed by atoms with E-state index in [-0.39, 0.29) is 23.9 Å². The highest BCUT2D eigenvalue weighted by Crippen LogP contribution is 2.39. The van der Waals surface area contributed by atoms with Crippen molar-refractivity contribution in [3.8, 4) is 22.8 Å². The van der Waals surface area contributed by atoms with E-state index in [1.165, 1.54) is 12.8 Å². The first-order valence-corrected chi connectivity index (χ1v) is 12.5. The van der Waals surface area contributed by atoms with Gasteiger partial charge in [0.15, 0.2) is 5.69 Å². The zero-order valence-electron chi connectivity index (χ0n) is 21.5. The van der Waals surface area contributed by atoms with Crippen LogP contribution in [-0.4, -0.2) is 47.0 Å². The molecule has 8 nitrogen and oxygen atoms in total. The zero-order valence-corrected chi connectivity index (χ0v) is 21.5. The molecule has 2 N–H and O–H groups in total. The lowest BCUT2D eigenvalue weighted by Crippen LogP contribution is -2.37. The molecule has 2 aromatic rings. The number of rotatable bonds is 11. The largest absolute Gasteiger partial charge is 0.496 e. The Morgan fingerprint density at radius 3 is 2.31 bits per heavy atom. The van der Waals surface area contributed by atoms with Gasteiger partial charge in [0.05, 0.1) is 31.9 Å². The molecular formula is C27H39N3O5. The van der Waals surface area contributed by atoms with E-state index in [1.54, 1.807) is 20.3 Å². The van der Waals surface area contributed by atoms with Crippen LogP contribution in [0.2, 0.25) is 0 Å². The van der Waals surface area contributed by atoms with Crippen LogP contribution in [0.3, 0.4) is 0 Å². The van der Waals surface area contributed by atoms with Gasteiger partial charge in [-0.3, -0.25) is 14.3 Å². The molecule has 0 unspecified atom stereocenters. The number of nitrogens with zero attached hydrogens (tertiary/aromatic N) is 2. The number of carboxylic acids is 1. The van der Waals surface area contributed by atoms with Crippen LogP contribution in [-0.2, 0) is 11.3 Å². The van der Waals surface area contributed by atoms with Crippen LogP contribution < -0.4 is 14.8 Å². The molecule has 1 aliphatic carbocycles. The fraction of sp³-hybridized carbons (Fsp3) is 0.593. The van der Waals surface area contributed by atoms with E-state index in [0.29, 0.717) is 30.4 Å². The van der Waals surface area contributed by atoms with Crippen LogP contribution in [0.25, 0.3) is 11.3 Å². The molecule has 0 radical (unpaired) electrons. The second-order valence-corrected chi connectivity index (χ2v) is 10.2. The molecule has 8 heteroatoms. The van der Waals surface area contributed by atoms with Gasteiger partial charge in [0.1, 0.15) is 11.5 Å². The van der Waals surface area contributed by atoms with E-state index in [2.05, 4.69) is 12.2 Å². The van der Waals surface area contributed by atoms with Crippen LogP contribution in [0, 0.1) is 17.8 Å². The van der Waals surface area contributed by atoms with Gasteiger partial charge >= 0.3 is 5.97 Å². The minimum absolute atomic E-state index is 0.127. The van der Waals surface area contributed by atoms with E-state index in [4.69, 9.17) is 14.6 Å². The SMILES string of the molecule is COc1cccc(OC)c1-c1cc(C(=O)N[C@H](CC(=O)O)CC(C)C)nn1CC1CCC(C)CC1. The number of aliphatic carboxylic acids is 1. The van der Waals surface area contributed by atoms with Gasteiger partial charge in [-0.2, -0.15) is 5.10 Å². The lowest BCUT2D eigenvalue weighted by atomic mass is 9.83. The Balaban J connectivity index is 1.97. The molecule has 1 fully saturated rings. The molecule has 1 aromatic heterocycles. The van der Waals surface area contributed by atoms with Crippen molar-refractivity contribution in [1.29, 1.82) is 0 Å². The number of carboxylic acid groups (broad SMARTS) is 1. The molecule has 1 aromatic carbocycles. The number of methoxy groups -OCH3 is 2. The molecule has 0 saturated heterocycles. The van der Waals surface area contributed by atoms with Gasteiger partial charge in [0.25, 0.3) is 5.91 Å². The monoisotopic (exact) mass is 485 g/mol. The third kappa shape index (κ3) is 6.99. The highest BCUT2D eigenvalue weighted by Gasteiger charge is 2.26. The molecule has 192 valence electrons. The summed E-state index contributed by atoms with van der Waals surface area (Å²) in [6.45, 7) is 7.00. The second-order valence-electron chi connectivity index (χ2n) is 10.2. The number of nitrogens with one attached hydrogen (secondary N) is 1. The third-order valence-electron chi connectivity index (χ3n) is 6.78. The Hall–Kier alpha value is -3.03. The van der Waals surface area contributed by atoms with Gasteiger partial charge in [-0.1, -0.05) is 39.7 Å². The highest BCUT2D eigenvalue weighted by atomic mass is 16.5. The minimum Gasteiger partial charge on any atom is -0.496 e. The zero-order chi connectivity index (χ0) is 25.5. The Morgan fingerprint density at radius 1 is 1.14 bits per heavy atom. The van der Waals surface area contributed by atoms with Crippen LogP contribution in [0.4, 0.5) is 0 Å². The molecule has 35 heavy (non-hydrogen) atoms. The summed E-state index contributed by atoms with van der Waals surface area (Å²) >= 11 is 0. The Labute approximate surface area is 208 Å². The molecule has 1 heterocycles. The van der Waals surface area contributed by atoms with Crippen LogP contribution >= 0.6 is 0 Å². The number of aromatic nitrogens is 2. The predicted molar refractivity (Wildman–Crippen MR) is 135 cm³/mol. The van der Waals surface area contributed by atoms with Crippen molar-refractivity contribution < 1.29 is 24.2 Å². The Morgan fingerprint density at radius 2 is 1.77 bits per heavy atom. The standard InChI is InChI=1S/C27H39N3O5/c1-17(2)13-20(14-25(31)32)28-27(33)21-15-22(26-23(34-4)7-6-8-24(26)35-5)30(29-21)16-19-11-9-18(3)10-12-19/h6-8,15,17-20H,9-14,16H2,1-5H3,(H,28,33)(H,31,32)/t18?,19?,20-/m0/s1. The average molecular weight is 486 g/mol. The minimum atomic E-state index is -0.938. The number of hydrogen-bond acceptors (Lipinski definition) is 5. The predicted octanol–water partition coefficient (Wildman–Crippen LogP) is 5.01. The molecule has 0 aliphatic heterocycles. The van der Waals surface area contributed by atoms with Gasteiger partial charge < -0.3 is 19.9 Å². The first kappa shape index (κ1) is 26.6. The molecule has 1 amide bonds. The van der Waals surface area contributed by atoms with E-state index < -0.39 is 12.0 Å². The van der Waals surface area contributed by atoms with Gasteiger partial charge in [-0.25, -0.2) is 0 Å². The van der Waals surface area contributed by atoms with Crippen LogP contribution in [0.5, 0.6) is 11.5 Å². The number of hydrogen-bond donors (Lipinski definition) is 2. The number of benzene rings is 1. The van der Waals surface area contributed by atoms with E-state index in [1.807, 2.05) is 36.7 Å². The van der Waals surface area contributed by atoms with E-state index >= 15 is 0 Å². The molecule has 3 rings (SSSR count). The lowest BCUT2D eigenvalue weighted by molar-refractivity contribution is -0.137. The quantitative estimate of drug-likeness (QED) is 0.464. The summed E-state index contributed by atoms with van der Waals surface area (Å²) in [6, 6.07) is 6.88. The molecule has 1 saturated carbocycles. The molecule has 1 atom stereocenters. The first-order valence-electron chi connectivity index (χ1n) is 12.5. The summed E-state index contributed by atoms with van der Waals surface area (Å²) in [5, 5.41) is 16.9. The molecule has 0 spiro atoms. The summed E-state index contributed by atoms with van der Waals surface area (Å²) in [5.74, 6) is 1.43. The summed E-state index contributed by atoms with van der Waals surface area (Å²) in [6.07, 6.45) is 5.09. The van der Waals surface area contributed by atoms with Crippen molar-refractivity contribution in [2.45, 2.75) is 71.9 Å². The maximum atomic E-state index is 13.2. The van der Waals surface area contributed by atoms with Crippen molar-refractivity contribution in [2.24, 2.45) is 17.8 Å². The van der Waals surface area contributed by atoms with Crippen molar-refractivity contribution >= 4 is 11.9 Å². The number of ether oxygens (including phenoxy) is 2. The first-order chi connectivity index (χ1) is 16.7. The fourth-order valence-corrected chi connectivity index (χ4v) is 4.96. The average Bonchev–Trinajstić information content (AvgIpc) is 3.22. The number of amides is 1. The number of carbonyl (C=O) groups is 2. The number of carbonyl (C=O) groups excluding carboxylic acids is 1. The molecule has 0 bridgehead atoms. The molecular weight excluding hydrogens is 446 g/mol. The fourth-order valence-electron chi connectivity index (χ4n) is 4.96. The maximum absolute atomic E-state index is 13.2. The Kier molecular flexibility index (Phi) is 9.18. The summed E-state index contributed by atoms with van der Waals surface area (Å²) in [5.41, 5.74) is 1.76. The normalized spacial score (nSPS) is 18.8. The van der Waals surface area contributed by atoms with Crippen LogP contribution in [0.15, 0.2) is 24.3 Å². The van der Waals surface area contributed by atoms with Crippen molar-refractivity contribution in [1.82, 2.24) is 15.1 Å². The summed E-state index contributed by atoms with van der Waals surface area (Å²) < 4.78 is 13.2.